The number of para-hydroxylation sites is 1. The van der Waals surface area contributed by atoms with E-state index in [9.17, 15) is 14.9 Å². The summed E-state index contributed by atoms with van der Waals surface area (Å²) in [4.78, 5) is 36.0. The Morgan fingerprint density at radius 1 is 0.939 bits per heavy atom. The quantitative estimate of drug-likeness (QED) is 0.542. The van der Waals surface area contributed by atoms with Crippen LogP contribution in [-0.4, -0.2) is 17.9 Å². The smallest absolute Gasteiger partial charge is 0.267 e. The maximum atomic E-state index is 13.8. The zero-order chi connectivity index (χ0) is 22.5. The standard InChI is InChI=1S/C26H21N3O3S/c27-15-19-18-13-7-8-14-20(18)33-26(19)28-24(30)21-22(16-9-3-1-4-10-16)29(32-23(21)25(28)31)17-11-5-2-6-12-17/h1-6,9-12,21-23H,7-8,13-14H2/t21-,22+,23-/m1/s1. The summed E-state index contributed by atoms with van der Waals surface area (Å²) in [7, 11) is 0. The van der Waals surface area contributed by atoms with Crippen LogP contribution in [0.3, 0.4) is 0 Å². The Bertz CT molecular complexity index is 1280. The van der Waals surface area contributed by atoms with Crippen LogP contribution in [0.5, 0.6) is 0 Å². The molecule has 0 spiro atoms. The number of imide groups is 1. The Labute approximate surface area is 195 Å². The average molecular weight is 456 g/mol. The molecule has 1 aromatic heterocycles. The lowest BCUT2D eigenvalue weighted by atomic mass is 9.90. The Morgan fingerprint density at radius 3 is 2.36 bits per heavy atom. The van der Waals surface area contributed by atoms with Crippen LogP contribution < -0.4 is 9.96 Å². The molecule has 3 aliphatic rings. The van der Waals surface area contributed by atoms with Crippen molar-refractivity contribution in [3.63, 3.8) is 0 Å². The van der Waals surface area contributed by atoms with Gasteiger partial charge < -0.3 is 0 Å². The van der Waals surface area contributed by atoms with Crippen molar-refractivity contribution in [1.29, 1.82) is 5.26 Å². The number of fused-ring (bicyclic) bond motifs is 2. The van der Waals surface area contributed by atoms with Gasteiger partial charge >= 0.3 is 0 Å². The summed E-state index contributed by atoms with van der Waals surface area (Å²) >= 11 is 1.42. The molecule has 33 heavy (non-hydrogen) atoms. The highest BCUT2D eigenvalue weighted by molar-refractivity contribution is 7.17. The topological polar surface area (TPSA) is 73.6 Å². The van der Waals surface area contributed by atoms with Crippen molar-refractivity contribution in [3.05, 3.63) is 82.2 Å². The first kappa shape index (κ1) is 20.2. The second-order valence-electron chi connectivity index (χ2n) is 8.58. The third-order valence-corrected chi connectivity index (χ3v) is 8.01. The lowest BCUT2D eigenvalue weighted by Crippen LogP contribution is -2.37. The van der Waals surface area contributed by atoms with Gasteiger partial charge in [0.1, 0.15) is 17.0 Å². The van der Waals surface area contributed by atoms with E-state index in [1.165, 1.54) is 16.2 Å². The summed E-state index contributed by atoms with van der Waals surface area (Å²) in [5, 5.41) is 12.1. The summed E-state index contributed by atoms with van der Waals surface area (Å²) in [6.07, 6.45) is 2.88. The van der Waals surface area contributed by atoms with Gasteiger partial charge in [0.25, 0.3) is 5.91 Å². The molecular weight excluding hydrogens is 434 g/mol. The highest BCUT2D eigenvalue weighted by Gasteiger charge is 2.61. The van der Waals surface area contributed by atoms with Gasteiger partial charge in [0.05, 0.1) is 17.3 Å². The van der Waals surface area contributed by atoms with E-state index in [1.54, 1.807) is 5.06 Å². The third kappa shape index (κ3) is 3.02. The maximum Gasteiger partial charge on any atom is 0.267 e. The predicted octanol–water partition coefficient (Wildman–Crippen LogP) is 4.55. The number of carbonyl (C=O) groups excluding carboxylic acids is 2. The van der Waals surface area contributed by atoms with Crippen molar-refractivity contribution >= 4 is 33.8 Å². The van der Waals surface area contributed by atoms with Crippen LogP contribution >= 0.6 is 11.3 Å². The van der Waals surface area contributed by atoms with Gasteiger partial charge in [-0.15, -0.1) is 11.3 Å². The number of anilines is 2. The van der Waals surface area contributed by atoms with Gasteiger partial charge in [0.2, 0.25) is 5.91 Å². The minimum atomic E-state index is -0.923. The number of hydrogen-bond donors (Lipinski definition) is 0. The van der Waals surface area contributed by atoms with Gasteiger partial charge in [0, 0.05) is 4.88 Å². The monoisotopic (exact) mass is 455 g/mol. The van der Waals surface area contributed by atoms with Crippen LogP contribution in [0.25, 0.3) is 0 Å². The molecule has 3 atom stereocenters. The van der Waals surface area contributed by atoms with Gasteiger partial charge in [0.15, 0.2) is 6.10 Å². The lowest BCUT2D eigenvalue weighted by molar-refractivity contribution is -0.126. The molecule has 2 saturated heterocycles. The van der Waals surface area contributed by atoms with Gasteiger partial charge in [-0.1, -0.05) is 48.5 Å². The second kappa shape index (κ2) is 7.84. The number of hydrogen-bond acceptors (Lipinski definition) is 6. The van der Waals surface area contributed by atoms with E-state index in [1.807, 2.05) is 60.7 Å². The minimum absolute atomic E-state index is 0.299. The SMILES string of the molecule is N#Cc1c(N2C(=O)[C@H]3[C@@H](ON(c4ccccc4)[C@H]3c3ccccc3)C2=O)sc2c1CCCC2. The molecule has 0 radical (unpaired) electrons. The van der Waals surface area contributed by atoms with Crippen molar-refractivity contribution in [2.45, 2.75) is 37.8 Å². The van der Waals surface area contributed by atoms with Crippen molar-refractivity contribution in [2.24, 2.45) is 5.92 Å². The average Bonchev–Trinajstić information content (AvgIpc) is 3.50. The van der Waals surface area contributed by atoms with Gasteiger partial charge in [-0.2, -0.15) is 5.26 Å². The van der Waals surface area contributed by atoms with Crippen LogP contribution in [0.1, 0.15) is 40.5 Å². The Morgan fingerprint density at radius 2 is 1.64 bits per heavy atom. The highest BCUT2D eigenvalue weighted by Crippen LogP contribution is 2.50. The van der Waals surface area contributed by atoms with Crippen LogP contribution in [0.2, 0.25) is 0 Å². The van der Waals surface area contributed by atoms with Gasteiger partial charge in [-0.3, -0.25) is 14.4 Å². The maximum absolute atomic E-state index is 13.8. The third-order valence-electron chi connectivity index (χ3n) is 6.73. The van der Waals surface area contributed by atoms with Crippen LogP contribution in [0.4, 0.5) is 10.7 Å². The predicted molar refractivity (Wildman–Crippen MR) is 125 cm³/mol. The Kier molecular flexibility index (Phi) is 4.79. The van der Waals surface area contributed by atoms with E-state index in [0.717, 1.165) is 47.4 Å². The summed E-state index contributed by atoms with van der Waals surface area (Å²) in [6, 6.07) is 21.0. The van der Waals surface area contributed by atoms with Crippen molar-refractivity contribution in [3.8, 4) is 6.07 Å². The number of aryl methyl sites for hydroxylation is 1. The molecule has 2 fully saturated rings. The molecule has 0 unspecified atom stereocenters. The van der Waals surface area contributed by atoms with Crippen molar-refractivity contribution in [1.82, 2.24) is 0 Å². The summed E-state index contributed by atoms with van der Waals surface area (Å²) in [6.45, 7) is 0. The highest BCUT2D eigenvalue weighted by atomic mass is 32.1. The molecule has 1 aliphatic carbocycles. The van der Waals surface area contributed by atoms with E-state index < -0.39 is 18.1 Å². The fourth-order valence-electron chi connectivity index (χ4n) is 5.23. The summed E-state index contributed by atoms with van der Waals surface area (Å²) < 4.78 is 0. The molecule has 2 aromatic carbocycles. The number of benzene rings is 2. The Balaban J connectivity index is 1.44. The van der Waals surface area contributed by atoms with Crippen LogP contribution in [0.15, 0.2) is 60.7 Å². The van der Waals surface area contributed by atoms with Gasteiger partial charge in [-0.25, -0.2) is 9.96 Å². The van der Waals surface area contributed by atoms with Gasteiger partial charge in [-0.05, 0) is 48.9 Å². The van der Waals surface area contributed by atoms with Crippen molar-refractivity contribution < 1.29 is 14.4 Å². The summed E-state index contributed by atoms with van der Waals surface area (Å²) in [5.74, 6) is -1.38. The molecule has 6 nitrogen and oxygen atoms in total. The fourth-order valence-corrected chi connectivity index (χ4v) is 6.58. The summed E-state index contributed by atoms with van der Waals surface area (Å²) in [5.41, 5.74) is 3.18. The lowest BCUT2D eigenvalue weighted by Gasteiger charge is -2.28. The van der Waals surface area contributed by atoms with E-state index in [4.69, 9.17) is 4.84 Å². The molecule has 6 rings (SSSR count). The first-order valence-electron chi connectivity index (χ1n) is 11.2. The van der Waals surface area contributed by atoms with Crippen molar-refractivity contribution in [2.75, 3.05) is 9.96 Å². The first-order valence-corrected chi connectivity index (χ1v) is 12.0. The van der Waals surface area contributed by atoms with Crippen LogP contribution in [-0.2, 0) is 27.3 Å². The molecule has 0 saturated carbocycles. The fraction of sp³-hybridized carbons (Fsp3) is 0.269. The molecule has 2 aliphatic heterocycles. The first-order chi connectivity index (χ1) is 16.2. The number of amides is 2. The zero-order valence-electron chi connectivity index (χ0n) is 17.8. The van der Waals surface area contributed by atoms with E-state index in [-0.39, 0.29) is 11.8 Å². The number of carbonyl (C=O) groups is 2. The Hall–Kier alpha value is -3.47. The van der Waals surface area contributed by atoms with E-state index in [2.05, 4.69) is 6.07 Å². The van der Waals surface area contributed by atoms with E-state index >= 15 is 0 Å². The molecule has 7 heteroatoms. The largest absolute Gasteiger partial charge is 0.273 e. The number of nitrogens with zero attached hydrogens (tertiary/aromatic N) is 3. The number of nitriles is 1. The molecule has 2 amide bonds. The number of rotatable bonds is 3. The molecular formula is C26H21N3O3S. The number of hydroxylamine groups is 1. The molecule has 3 aromatic rings. The van der Waals surface area contributed by atoms with E-state index in [0.29, 0.717) is 10.6 Å². The molecule has 0 N–H and O–H groups in total. The molecule has 0 bridgehead atoms. The molecule has 164 valence electrons. The van der Waals surface area contributed by atoms with Crippen LogP contribution in [0, 0.1) is 17.2 Å². The number of thiophene rings is 1. The second-order valence-corrected chi connectivity index (χ2v) is 9.67. The molecule has 3 heterocycles. The minimum Gasteiger partial charge on any atom is -0.273 e. The zero-order valence-corrected chi connectivity index (χ0v) is 18.6. The normalized spacial score (nSPS) is 24.0.